The van der Waals surface area contributed by atoms with Gasteiger partial charge in [0.25, 0.3) is 0 Å². The van der Waals surface area contributed by atoms with Crippen molar-refractivity contribution in [3.8, 4) is 11.5 Å². The molecule has 2 aromatic rings. The summed E-state index contributed by atoms with van der Waals surface area (Å²) in [6.07, 6.45) is 0.466. The summed E-state index contributed by atoms with van der Waals surface area (Å²) in [7, 11) is 3.05. The molecular weight excluding hydrogens is 210 g/mol. The standard InChI is InChI=1S/C11H11NO4/c1-15-9-5-7-3-4-12(11(13)14)8(7)6-10(9)16-2/h3-6H,1-2H3,(H,13,14). The average Bonchev–Trinajstić information content (AvgIpc) is 2.69. The smallest absolute Gasteiger partial charge is 0.416 e. The summed E-state index contributed by atoms with van der Waals surface area (Å²) in [6, 6.07) is 5.10. The number of benzene rings is 1. The van der Waals surface area contributed by atoms with Crippen molar-refractivity contribution in [2.75, 3.05) is 14.2 Å². The Hall–Kier alpha value is -2.17. The van der Waals surface area contributed by atoms with Gasteiger partial charge in [0.1, 0.15) is 0 Å². The Labute approximate surface area is 91.8 Å². The van der Waals surface area contributed by atoms with E-state index in [0.29, 0.717) is 17.0 Å². The third-order valence-corrected chi connectivity index (χ3v) is 2.40. The first-order valence-corrected chi connectivity index (χ1v) is 4.63. The van der Waals surface area contributed by atoms with Crippen LogP contribution in [-0.2, 0) is 0 Å². The molecule has 0 saturated carbocycles. The van der Waals surface area contributed by atoms with Crippen LogP contribution in [0.1, 0.15) is 0 Å². The van der Waals surface area contributed by atoms with Gasteiger partial charge in [-0.2, -0.15) is 0 Å². The monoisotopic (exact) mass is 221 g/mol. The Kier molecular flexibility index (Phi) is 2.44. The van der Waals surface area contributed by atoms with Crippen molar-refractivity contribution in [3.05, 3.63) is 24.4 Å². The fraction of sp³-hybridized carbons (Fsp3) is 0.182. The summed E-state index contributed by atoms with van der Waals surface area (Å²) in [5.41, 5.74) is 0.574. The SMILES string of the molecule is COc1cc2ccn(C(=O)O)c2cc1OC. The van der Waals surface area contributed by atoms with Crippen LogP contribution in [0.2, 0.25) is 0 Å². The lowest BCUT2D eigenvalue weighted by molar-refractivity contribution is 0.197. The molecule has 1 heterocycles. The van der Waals surface area contributed by atoms with Gasteiger partial charge >= 0.3 is 6.09 Å². The van der Waals surface area contributed by atoms with Gasteiger partial charge in [0.2, 0.25) is 0 Å². The lowest BCUT2D eigenvalue weighted by Gasteiger charge is -2.08. The molecule has 1 aromatic carbocycles. The highest BCUT2D eigenvalue weighted by atomic mass is 16.5. The van der Waals surface area contributed by atoms with E-state index in [4.69, 9.17) is 14.6 Å². The molecule has 0 radical (unpaired) electrons. The number of hydrogen-bond acceptors (Lipinski definition) is 3. The Balaban J connectivity index is 2.71. The summed E-state index contributed by atoms with van der Waals surface area (Å²) in [6.45, 7) is 0. The molecule has 84 valence electrons. The normalized spacial score (nSPS) is 10.4. The van der Waals surface area contributed by atoms with E-state index in [2.05, 4.69) is 0 Å². The third kappa shape index (κ3) is 1.46. The van der Waals surface area contributed by atoms with Crippen molar-refractivity contribution in [1.29, 1.82) is 0 Å². The molecule has 0 aliphatic carbocycles. The Morgan fingerprint density at radius 2 is 1.88 bits per heavy atom. The number of ether oxygens (including phenoxy) is 2. The summed E-state index contributed by atoms with van der Waals surface area (Å²) >= 11 is 0. The summed E-state index contributed by atoms with van der Waals surface area (Å²) < 4.78 is 11.4. The van der Waals surface area contributed by atoms with E-state index in [1.807, 2.05) is 0 Å². The molecule has 1 N–H and O–H groups in total. The maximum atomic E-state index is 10.9. The van der Waals surface area contributed by atoms with Gasteiger partial charge in [-0.05, 0) is 12.1 Å². The van der Waals surface area contributed by atoms with Gasteiger partial charge < -0.3 is 14.6 Å². The van der Waals surface area contributed by atoms with E-state index in [-0.39, 0.29) is 0 Å². The molecule has 2 rings (SSSR count). The number of nitrogens with zero attached hydrogens (tertiary/aromatic N) is 1. The van der Waals surface area contributed by atoms with Crippen molar-refractivity contribution in [1.82, 2.24) is 4.57 Å². The van der Waals surface area contributed by atoms with E-state index < -0.39 is 6.09 Å². The van der Waals surface area contributed by atoms with Crippen LogP contribution in [0.4, 0.5) is 4.79 Å². The fourth-order valence-corrected chi connectivity index (χ4v) is 1.63. The third-order valence-electron chi connectivity index (χ3n) is 2.40. The Morgan fingerprint density at radius 3 is 2.44 bits per heavy atom. The molecule has 0 unspecified atom stereocenters. The number of hydrogen-bond donors (Lipinski definition) is 1. The highest BCUT2D eigenvalue weighted by Crippen LogP contribution is 2.32. The second kappa shape index (κ2) is 3.77. The minimum absolute atomic E-state index is 0.510. The molecule has 0 aliphatic rings. The highest BCUT2D eigenvalue weighted by molar-refractivity contribution is 5.91. The highest BCUT2D eigenvalue weighted by Gasteiger charge is 2.11. The first kappa shape index (κ1) is 10.4. The van der Waals surface area contributed by atoms with Gasteiger partial charge in [-0.25, -0.2) is 4.79 Å². The number of aromatic nitrogens is 1. The van der Waals surface area contributed by atoms with Gasteiger partial charge in [-0.1, -0.05) is 0 Å². The summed E-state index contributed by atoms with van der Waals surface area (Å²) in [5, 5.41) is 9.74. The second-order valence-electron chi connectivity index (χ2n) is 3.23. The van der Waals surface area contributed by atoms with Crippen LogP contribution in [-0.4, -0.2) is 30.0 Å². The minimum atomic E-state index is -1.03. The molecule has 0 spiro atoms. The van der Waals surface area contributed by atoms with Crippen LogP contribution >= 0.6 is 0 Å². The molecule has 0 atom stereocenters. The number of rotatable bonds is 2. The number of methoxy groups -OCH3 is 2. The summed E-state index contributed by atoms with van der Waals surface area (Å²) in [4.78, 5) is 10.9. The molecule has 0 saturated heterocycles. The first-order valence-electron chi connectivity index (χ1n) is 4.63. The average molecular weight is 221 g/mol. The molecular formula is C11H11NO4. The van der Waals surface area contributed by atoms with Gasteiger partial charge in [0, 0.05) is 17.6 Å². The first-order chi connectivity index (χ1) is 7.67. The minimum Gasteiger partial charge on any atom is -0.493 e. The maximum absolute atomic E-state index is 10.9. The van der Waals surface area contributed by atoms with Crippen molar-refractivity contribution in [2.24, 2.45) is 0 Å². The molecule has 5 heteroatoms. The number of carboxylic acid groups (broad SMARTS) is 1. The Bertz CT molecular complexity index is 544. The van der Waals surface area contributed by atoms with Crippen LogP contribution < -0.4 is 9.47 Å². The Morgan fingerprint density at radius 1 is 1.25 bits per heavy atom. The van der Waals surface area contributed by atoms with Gasteiger partial charge in [-0.15, -0.1) is 0 Å². The van der Waals surface area contributed by atoms with Gasteiger partial charge in [0.05, 0.1) is 19.7 Å². The van der Waals surface area contributed by atoms with E-state index in [1.165, 1.54) is 20.4 Å². The van der Waals surface area contributed by atoms with E-state index in [1.54, 1.807) is 18.2 Å². The maximum Gasteiger partial charge on any atom is 0.416 e. The van der Waals surface area contributed by atoms with Crippen molar-refractivity contribution >= 4 is 17.0 Å². The van der Waals surface area contributed by atoms with Crippen molar-refractivity contribution in [2.45, 2.75) is 0 Å². The van der Waals surface area contributed by atoms with Crippen LogP contribution in [0.25, 0.3) is 10.9 Å². The lowest BCUT2D eigenvalue weighted by atomic mass is 10.2. The molecule has 5 nitrogen and oxygen atoms in total. The quantitative estimate of drug-likeness (QED) is 0.844. The number of fused-ring (bicyclic) bond motifs is 1. The van der Waals surface area contributed by atoms with Crippen molar-refractivity contribution < 1.29 is 19.4 Å². The molecule has 16 heavy (non-hydrogen) atoms. The molecule has 1 aromatic heterocycles. The van der Waals surface area contributed by atoms with Crippen LogP contribution in [0, 0.1) is 0 Å². The van der Waals surface area contributed by atoms with Crippen LogP contribution in [0.5, 0.6) is 11.5 Å². The van der Waals surface area contributed by atoms with Gasteiger partial charge in [-0.3, -0.25) is 4.57 Å². The second-order valence-corrected chi connectivity index (χ2v) is 3.23. The van der Waals surface area contributed by atoms with Gasteiger partial charge in [0.15, 0.2) is 11.5 Å². The largest absolute Gasteiger partial charge is 0.493 e. The van der Waals surface area contributed by atoms with Crippen molar-refractivity contribution in [3.63, 3.8) is 0 Å². The fourth-order valence-electron chi connectivity index (χ4n) is 1.63. The van der Waals surface area contributed by atoms with E-state index in [9.17, 15) is 4.79 Å². The molecule has 0 bridgehead atoms. The summed E-state index contributed by atoms with van der Waals surface area (Å²) in [5.74, 6) is 1.09. The number of carbonyl (C=O) groups is 1. The zero-order valence-corrected chi connectivity index (χ0v) is 8.93. The topological polar surface area (TPSA) is 60.7 Å². The molecule has 0 fully saturated rings. The predicted octanol–water partition coefficient (Wildman–Crippen LogP) is 2.18. The van der Waals surface area contributed by atoms with E-state index in [0.717, 1.165) is 9.95 Å². The molecule has 0 amide bonds. The predicted molar refractivity (Wildman–Crippen MR) is 58.5 cm³/mol. The zero-order valence-electron chi connectivity index (χ0n) is 8.93. The molecule has 0 aliphatic heterocycles. The van der Waals surface area contributed by atoms with Crippen LogP contribution in [0.3, 0.4) is 0 Å². The van der Waals surface area contributed by atoms with E-state index >= 15 is 0 Å². The van der Waals surface area contributed by atoms with Crippen LogP contribution in [0.15, 0.2) is 24.4 Å². The zero-order chi connectivity index (χ0) is 11.7. The lowest BCUT2D eigenvalue weighted by Crippen LogP contribution is -2.05.